The molecule has 0 unspecified atom stereocenters. The van der Waals surface area contributed by atoms with Crippen LogP contribution in [0, 0.1) is 0 Å². The van der Waals surface area contributed by atoms with Crippen molar-refractivity contribution in [2.24, 2.45) is 0 Å². The van der Waals surface area contributed by atoms with Gasteiger partial charge in [-0.1, -0.05) is 56.3 Å². The van der Waals surface area contributed by atoms with Crippen molar-refractivity contribution >= 4 is 32.3 Å². The van der Waals surface area contributed by atoms with E-state index in [2.05, 4.69) is 44.2 Å². The van der Waals surface area contributed by atoms with E-state index in [4.69, 9.17) is 0 Å². The van der Waals surface area contributed by atoms with Crippen molar-refractivity contribution in [3.05, 3.63) is 54.1 Å². The fourth-order valence-corrected chi connectivity index (χ4v) is 3.32. The van der Waals surface area contributed by atoms with E-state index < -0.39 is 0 Å². The lowest BCUT2D eigenvalue weighted by Gasteiger charge is -2.16. The van der Waals surface area contributed by atoms with E-state index in [9.17, 15) is 5.11 Å². The van der Waals surface area contributed by atoms with Crippen molar-refractivity contribution in [1.82, 2.24) is 0 Å². The zero-order valence-electron chi connectivity index (χ0n) is 11.6. The maximum atomic E-state index is 10.4. The second kappa shape index (κ2) is 3.86. The number of phenolic OH excluding ortho intramolecular Hbond substituents is 1. The number of phenols is 1. The molecule has 0 radical (unpaired) electrons. The predicted octanol–water partition coefficient (Wildman–Crippen LogP) is 5.41. The minimum atomic E-state index is 0.378. The molecule has 4 aromatic carbocycles. The molecule has 4 rings (SSSR count). The lowest BCUT2D eigenvalue weighted by molar-refractivity contribution is 0.482. The smallest absolute Gasteiger partial charge is 0.124 e. The van der Waals surface area contributed by atoms with Crippen molar-refractivity contribution < 1.29 is 5.11 Å². The van der Waals surface area contributed by atoms with E-state index >= 15 is 0 Å². The molecule has 0 amide bonds. The van der Waals surface area contributed by atoms with Crippen LogP contribution in [0.3, 0.4) is 0 Å². The van der Waals surface area contributed by atoms with Gasteiger partial charge >= 0.3 is 0 Å². The van der Waals surface area contributed by atoms with E-state index in [-0.39, 0.29) is 0 Å². The van der Waals surface area contributed by atoms with Gasteiger partial charge in [-0.25, -0.2) is 0 Å². The average molecular weight is 260 g/mol. The van der Waals surface area contributed by atoms with Crippen LogP contribution in [0.4, 0.5) is 0 Å². The molecule has 0 spiro atoms. The summed E-state index contributed by atoms with van der Waals surface area (Å²) in [7, 11) is 0. The van der Waals surface area contributed by atoms with Crippen molar-refractivity contribution in [2.75, 3.05) is 0 Å². The highest BCUT2D eigenvalue weighted by Gasteiger charge is 2.14. The molecule has 1 N–H and O–H groups in total. The monoisotopic (exact) mass is 260 g/mol. The van der Waals surface area contributed by atoms with Crippen molar-refractivity contribution in [3.8, 4) is 5.75 Å². The van der Waals surface area contributed by atoms with Crippen LogP contribution in [-0.4, -0.2) is 5.11 Å². The van der Waals surface area contributed by atoms with E-state index in [1.807, 2.05) is 18.2 Å². The van der Waals surface area contributed by atoms with E-state index in [1.165, 1.54) is 32.5 Å². The van der Waals surface area contributed by atoms with Gasteiger partial charge in [0.2, 0.25) is 0 Å². The van der Waals surface area contributed by atoms with Gasteiger partial charge in [0.25, 0.3) is 0 Å². The normalized spacial score (nSPS) is 12.2. The molecule has 20 heavy (non-hydrogen) atoms. The van der Waals surface area contributed by atoms with Crippen LogP contribution >= 0.6 is 0 Å². The number of hydrogen-bond donors (Lipinski definition) is 1. The molecule has 0 fully saturated rings. The Morgan fingerprint density at radius 2 is 1.45 bits per heavy atom. The third-order valence-electron chi connectivity index (χ3n) is 4.28. The van der Waals surface area contributed by atoms with E-state index in [1.54, 1.807) is 0 Å². The highest BCUT2D eigenvalue weighted by Crippen LogP contribution is 2.41. The molecule has 0 aliphatic carbocycles. The van der Waals surface area contributed by atoms with Crippen LogP contribution in [0.15, 0.2) is 48.5 Å². The molecular weight excluding hydrogens is 244 g/mol. The summed E-state index contributed by atoms with van der Waals surface area (Å²) < 4.78 is 0. The maximum Gasteiger partial charge on any atom is 0.124 e. The van der Waals surface area contributed by atoms with Gasteiger partial charge in [-0.3, -0.25) is 0 Å². The van der Waals surface area contributed by atoms with Gasteiger partial charge in [0.15, 0.2) is 0 Å². The minimum Gasteiger partial charge on any atom is -0.507 e. The number of aromatic hydroxyl groups is 1. The molecule has 4 aromatic rings. The number of rotatable bonds is 1. The Labute approximate surface area is 117 Å². The standard InChI is InChI=1S/C19H16O/c1-11(2)14-9-8-13-7-6-12-4-3-5-15-17(20)10-16(14)19(13)18(12)15/h3-11,20H,1-2H3. The summed E-state index contributed by atoms with van der Waals surface area (Å²) in [5.74, 6) is 0.822. The molecule has 0 aromatic heterocycles. The van der Waals surface area contributed by atoms with Crippen LogP contribution in [-0.2, 0) is 0 Å². The molecule has 0 aliphatic rings. The van der Waals surface area contributed by atoms with Crippen LogP contribution in [0.1, 0.15) is 25.3 Å². The predicted molar refractivity (Wildman–Crippen MR) is 85.9 cm³/mol. The molecule has 0 atom stereocenters. The van der Waals surface area contributed by atoms with Crippen LogP contribution in [0.25, 0.3) is 32.3 Å². The Balaban J connectivity index is 2.38. The molecule has 0 aliphatic heterocycles. The van der Waals surface area contributed by atoms with Gasteiger partial charge in [0, 0.05) is 10.8 Å². The third kappa shape index (κ3) is 1.38. The first-order valence-electron chi connectivity index (χ1n) is 7.06. The summed E-state index contributed by atoms with van der Waals surface area (Å²) in [4.78, 5) is 0. The Bertz CT molecular complexity index is 935. The highest BCUT2D eigenvalue weighted by molar-refractivity contribution is 6.25. The molecule has 0 saturated carbocycles. The highest BCUT2D eigenvalue weighted by atomic mass is 16.3. The van der Waals surface area contributed by atoms with Gasteiger partial charge in [-0.05, 0) is 39.1 Å². The average Bonchev–Trinajstić information content (AvgIpc) is 2.45. The van der Waals surface area contributed by atoms with Crippen LogP contribution < -0.4 is 0 Å². The summed E-state index contributed by atoms with van der Waals surface area (Å²) in [5.41, 5.74) is 1.30. The van der Waals surface area contributed by atoms with Gasteiger partial charge < -0.3 is 5.11 Å². The molecule has 0 saturated heterocycles. The lowest BCUT2D eigenvalue weighted by atomic mass is 9.88. The van der Waals surface area contributed by atoms with E-state index in [0.717, 1.165) is 5.39 Å². The van der Waals surface area contributed by atoms with Crippen molar-refractivity contribution in [1.29, 1.82) is 0 Å². The lowest BCUT2D eigenvalue weighted by Crippen LogP contribution is -1.92. The molecule has 98 valence electrons. The fourth-order valence-electron chi connectivity index (χ4n) is 3.32. The largest absolute Gasteiger partial charge is 0.507 e. The summed E-state index contributed by atoms with van der Waals surface area (Å²) in [6, 6.07) is 16.7. The molecule has 1 nitrogen and oxygen atoms in total. The van der Waals surface area contributed by atoms with Gasteiger partial charge in [-0.2, -0.15) is 0 Å². The van der Waals surface area contributed by atoms with Crippen molar-refractivity contribution in [2.45, 2.75) is 19.8 Å². The molecule has 0 bridgehead atoms. The van der Waals surface area contributed by atoms with Gasteiger partial charge in [0.05, 0.1) is 0 Å². The molecule has 0 heterocycles. The zero-order valence-corrected chi connectivity index (χ0v) is 11.6. The van der Waals surface area contributed by atoms with E-state index in [0.29, 0.717) is 11.7 Å². The summed E-state index contributed by atoms with van der Waals surface area (Å²) in [6.07, 6.45) is 0. The number of hydrogen-bond acceptors (Lipinski definition) is 1. The first-order chi connectivity index (χ1) is 9.66. The van der Waals surface area contributed by atoms with Crippen LogP contribution in [0.5, 0.6) is 5.75 Å². The van der Waals surface area contributed by atoms with Gasteiger partial charge in [-0.15, -0.1) is 0 Å². The molecule has 1 heteroatoms. The second-order valence-corrected chi connectivity index (χ2v) is 5.82. The maximum absolute atomic E-state index is 10.4. The summed E-state index contributed by atoms with van der Waals surface area (Å²) in [6.45, 7) is 4.40. The SMILES string of the molecule is CC(C)c1ccc2ccc3cccc4c(O)cc1c2c34. The molecular formula is C19H16O. The Morgan fingerprint density at radius 3 is 2.20 bits per heavy atom. The summed E-state index contributed by atoms with van der Waals surface area (Å²) >= 11 is 0. The summed E-state index contributed by atoms with van der Waals surface area (Å²) in [5, 5.41) is 17.4. The fraction of sp³-hybridized carbons (Fsp3) is 0.158. The van der Waals surface area contributed by atoms with Crippen LogP contribution in [0.2, 0.25) is 0 Å². The topological polar surface area (TPSA) is 20.2 Å². The third-order valence-corrected chi connectivity index (χ3v) is 4.28. The quantitative estimate of drug-likeness (QED) is 0.453. The number of benzene rings is 4. The first kappa shape index (κ1) is 11.5. The zero-order chi connectivity index (χ0) is 13.9. The second-order valence-electron chi connectivity index (χ2n) is 5.82. The van der Waals surface area contributed by atoms with Crippen molar-refractivity contribution in [3.63, 3.8) is 0 Å². The van der Waals surface area contributed by atoms with Gasteiger partial charge in [0.1, 0.15) is 5.75 Å². The Kier molecular flexibility index (Phi) is 2.23. The Morgan fingerprint density at radius 1 is 0.800 bits per heavy atom. The minimum absolute atomic E-state index is 0.378. The Hall–Kier alpha value is -2.28. The first-order valence-corrected chi connectivity index (χ1v) is 7.06.